The highest BCUT2D eigenvalue weighted by Crippen LogP contribution is 2.28. The van der Waals surface area contributed by atoms with Gasteiger partial charge in [-0.1, -0.05) is 6.07 Å². The fourth-order valence-electron chi connectivity index (χ4n) is 2.73. The van der Waals surface area contributed by atoms with Crippen LogP contribution in [-0.2, 0) is 0 Å². The molecular formula is C14H21N3O3. The van der Waals surface area contributed by atoms with Gasteiger partial charge in [0.15, 0.2) is 0 Å². The summed E-state index contributed by atoms with van der Waals surface area (Å²) in [6, 6.07) is 5.25. The van der Waals surface area contributed by atoms with Crippen LogP contribution in [0, 0.1) is 17.0 Å². The highest BCUT2D eigenvalue weighted by molar-refractivity contribution is 5.61. The van der Waals surface area contributed by atoms with Crippen LogP contribution < -0.4 is 4.90 Å². The normalized spacial score (nSPS) is 17.0. The van der Waals surface area contributed by atoms with Crippen molar-refractivity contribution in [2.24, 2.45) is 0 Å². The highest BCUT2D eigenvalue weighted by atomic mass is 16.6. The van der Waals surface area contributed by atoms with Gasteiger partial charge in [-0.15, -0.1) is 0 Å². The zero-order valence-electron chi connectivity index (χ0n) is 11.8. The average Bonchev–Trinajstić information content (AvgIpc) is 2.65. The number of nitro benzene ring substituents is 1. The molecule has 1 saturated heterocycles. The first-order valence-corrected chi connectivity index (χ1v) is 6.95. The zero-order valence-corrected chi connectivity index (χ0v) is 11.8. The van der Waals surface area contributed by atoms with Gasteiger partial charge in [-0.2, -0.15) is 0 Å². The summed E-state index contributed by atoms with van der Waals surface area (Å²) in [7, 11) is 0. The van der Waals surface area contributed by atoms with Crippen molar-refractivity contribution in [1.82, 2.24) is 4.90 Å². The van der Waals surface area contributed by atoms with Gasteiger partial charge in [0.05, 0.1) is 17.1 Å². The highest BCUT2D eigenvalue weighted by Gasteiger charge is 2.20. The van der Waals surface area contributed by atoms with Crippen molar-refractivity contribution in [2.75, 3.05) is 44.2 Å². The van der Waals surface area contributed by atoms with Crippen LogP contribution in [0.15, 0.2) is 18.2 Å². The van der Waals surface area contributed by atoms with Crippen molar-refractivity contribution < 1.29 is 10.0 Å². The van der Waals surface area contributed by atoms with Gasteiger partial charge in [0, 0.05) is 37.9 Å². The maximum atomic E-state index is 11.0. The lowest BCUT2D eigenvalue weighted by atomic mass is 10.1. The molecule has 1 fully saturated rings. The summed E-state index contributed by atoms with van der Waals surface area (Å²) in [6.07, 6.45) is 1.00. The van der Waals surface area contributed by atoms with E-state index in [4.69, 9.17) is 5.11 Å². The number of anilines is 1. The Morgan fingerprint density at radius 1 is 1.30 bits per heavy atom. The Labute approximate surface area is 118 Å². The topological polar surface area (TPSA) is 69.8 Å². The number of nitrogens with zero attached hydrogens (tertiary/aromatic N) is 3. The number of benzene rings is 1. The minimum Gasteiger partial charge on any atom is -0.395 e. The summed E-state index contributed by atoms with van der Waals surface area (Å²) >= 11 is 0. The molecule has 110 valence electrons. The fourth-order valence-corrected chi connectivity index (χ4v) is 2.73. The standard InChI is InChI=1S/C14H21N3O3/c1-12-13(4-2-5-14(12)17(19)20)16-7-3-6-15(8-9-16)10-11-18/h2,4-5,18H,3,6-11H2,1H3. The molecule has 6 heteroatoms. The van der Waals surface area contributed by atoms with Crippen LogP contribution in [0.2, 0.25) is 0 Å². The van der Waals surface area contributed by atoms with Crippen LogP contribution >= 0.6 is 0 Å². The summed E-state index contributed by atoms with van der Waals surface area (Å²) in [5.74, 6) is 0. The monoisotopic (exact) mass is 279 g/mol. The van der Waals surface area contributed by atoms with E-state index in [0.29, 0.717) is 6.54 Å². The van der Waals surface area contributed by atoms with E-state index in [1.807, 2.05) is 13.0 Å². The molecule has 1 aromatic carbocycles. The second kappa shape index (κ2) is 6.67. The Morgan fingerprint density at radius 3 is 2.80 bits per heavy atom. The molecule has 0 unspecified atom stereocenters. The molecule has 1 heterocycles. The zero-order chi connectivity index (χ0) is 14.5. The van der Waals surface area contributed by atoms with Gasteiger partial charge in [0.2, 0.25) is 0 Å². The van der Waals surface area contributed by atoms with Gasteiger partial charge in [-0.05, 0) is 26.0 Å². The minimum absolute atomic E-state index is 0.176. The molecule has 6 nitrogen and oxygen atoms in total. The van der Waals surface area contributed by atoms with Gasteiger partial charge < -0.3 is 10.0 Å². The SMILES string of the molecule is Cc1c(N2CCCN(CCO)CC2)cccc1[N+](=O)[O-]. The van der Waals surface area contributed by atoms with E-state index in [-0.39, 0.29) is 17.2 Å². The predicted octanol–water partition coefficient (Wildman–Crippen LogP) is 1.41. The van der Waals surface area contributed by atoms with Crippen LogP contribution in [0.1, 0.15) is 12.0 Å². The average molecular weight is 279 g/mol. The first kappa shape index (κ1) is 14.7. The smallest absolute Gasteiger partial charge is 0.274 e. The molecule has 0 atom stereocenters. The summed E-state index contributed by atoms with van der Waals surface area (Å²) in [4.78, 5) is 15.1. The molecule has 1 aliphatic rings. The van der Waals surface area contributed by atoms with E-state index in [0.717, 1.165) is 43.9 Å². The Kier molecular flexibility index (Phi) is 4.92. The summed E-state index contributed by atoms with van der Waals surface area (Å²) in [5.41, 5.74) is 1.86. The molecule has 0 aromatic heterocycles. The Hall–Kier alpha value is -1.66. The number of rotatable bonds is 4. The van der Waals surface area contributed by atoms with E-state index in [2.05, 4.69) is 9.80 Å². The maximum Gasteiger partial charge on any atom is 0.274 e. The van der Waals surface area contributed by atoms with Crippen molar-refractivity contribution in [3.8, 4) is 0 Å². The van der Waals surface area contributed by atoms with E-state index >= 15 is 0 Å². The van der Waals surface area contributed by atoms with E-state index in [1.165, 1.54) is 0 Å². The largest absolute Gasteiger partial charge is 0.395 e. The summed E-state index contributed by atoms with van der Waals surface area (Å²) in [5, 5.41) is 20.0. The third-order valence-corrected chi connectivity index (χ3v) is 3.82. The molecule has 0 spiro atoms. The van der Waals surface area contributed by atoms with Crippen molar-refractivity contribution in [1.29, 1.82) is 0 Å². The molecule has 20 heavy (non-hydrogen) atoms. The third kappa shape index (κ3) is 3.26. The minimum atomic E-state index is -0.325. The molecule has 0 aliphatic carbocycles. The van der Waals surface area contributed by atoms with Crippen molar-refractivity contribution in [3.63, 3.8) is 0 Å². The fraction of sp³-hybridized carbons (Fsp3) is 0.571. The van der Waals surface area contributed by atoms with Crippen LogP contribution in [-0.4, -0.2) is 54.3 Å². The van der Waals surface area contributed by atoms with E-state index in [9.17, 15) is 10.1 Å². The van der Waals surface area contributed by atoms with Crippen molar-refractivity contribution in [2.45, 2.75) is 13.3 Å². The number of aliphatic hydroxyl groups is 1. The van der Waals surface area contributed by atoms with Crippen LogP contribution in [0.25, 0.3) is 0 Å². The van der Waals surface area contributed by atoms with Gasteiger partial charge >= 0.3 is 0 Å². The number of aliphatic hydroxyl groups excluding tert-OH is 1. The van der Waals surface area contributed by atoms with Gasteiger partial charge in [0.25, 0.3) is 5.69 Å². The second-order valence-corrected chi connectivity index (χ2v) is 5.08. The predicted molar refractivity (Wildman–Crippen MR) is 78.2 cm³/mol. The third-order valence-electron chi connectivity index (χ3n) is 3.82. The molecule has 2 rings (SSSR count). The molecule has 0 amide bonds. The lowest BCUT2D eigenvalue weighted by Crippen LogP contribution is -2.32. The van der Waals surface area contributed by atoms with E-state index in [1.54, 1.807) is 12.1 Å². The number of hydrogen-bond acceptors (Lipinski definition) is 5. The van der Waals surface area contributed by atoms with Crippen LogP contribution in [0.5, 0.6) is 0 Å². The van der Waals surface area contributed by atoms with Crippen LogP contribution in [0.3, 0.4) is 0 Å². The summed E-state index contributed by atoms with van der Waals surface area (Å²) in [6.45, 7) is 6.25. The van der Waals surface area contributed by atoms with Crippen molar-refractivity contribution in [3.05, 3.63) is 33.9 Å². The van der Waals surface area contributed by atoms with Crippen molar-refractivity contribution >= 4 is 11.4 Å². The molecule has 0 bridgehead atoms. The lowest BCUT2D eigenvalue weighted by Gasteiger charge is -2.24. The molecule has 1 N–H and O–H groups in total. The quantitative estimate of drug-likeness (QED) is 0.666. The Morgan fingerprint density at radius 2 is 2.10 bits per heavy atom. The van der Waals surface area contributed by atoms with Gasteiger partial charge in [-0.25, -0.2) is 0 Å². The molecular weight excluding hydrogens is 258 g/mol. The number of hydrogen-bond donors (Lipinski definition) is 1. The van der Waals surface area contributed by atoms with Gasteiger partial charge in [0.1, 0.15) is 0 Å². The first-order valence-electron chi connectivity index (χ1n) is 6.95. The summed E-state index contributed by atoms with van der Waals surface area (Å²) < 4.78 is 0. The van der Waals surface area contributed by atoms with Gasteiger partial charge in [-0.3, -0.25) is 15.0 Å². The molecule has 0 saturated carbocycles. The molecule has 1 aromatic rings. The number of β-amino-alcohol motifs (C(OH)–C–C–N with tert-alkyl or cyclic N) is 1. The van der Waals surface area contributed by atoms with E-state index < -0.39 is 0 Å². The molecule has 0 radical (unpaired) electrons. The maximum absolute atomic E-state index is 11.0. The second-order valence-electron chi connectivity index (χ2n) is 5.08. The number of nitro groups is 1. The lowest BCUT2D eigenvalue weighted by molar-refractivity contribution is -0.385. The molecule has 1 aliphatic heterocycles. The first-order chi connectivity index (χ1) is 9.63. The Bertz CT molecular complexity index is 479. The Balaban J connectivity index is 2.15. The van der Waals surface area contributed by atoms with Crippen LogP contribution in [0.4, 0.5) is 11.4 Å².